The number of nitrogens with one attached hydrogen (secondary N) is 1. The summed E-state index contributed by atoms with van der Waals surface area (Å²) in [7, 11) is 0. The minimum atomic E-state index is -0.855. The highest BCUT2D eigenvalue weighted by molar-refractivity contribution is 5.94. The van der Waals surface area contributed by atoms with Crippen LogP contribution in [0, 0.1) is 11.7 Å². The Morgan fingerprint density at radius 2 is 2.16 bits per heavy atom. The van der Waals surface area contributed by atoms with Crippen LogP contribution in [0.3, 0.4) is 0 Å². The van der Waals surface area contributed by atoms with Gasteiger partial charge in [-0.15, -0.1) is 0 Å². The van der Waals surface area contributed by atoms with Crippen LogP contribution in [-0.4, -0.2) is 23.5 Å². The Balaban J connectivity index is 2.39. The predicted molar refractivity (Wildman–Crippen MR) is 69.2 cm³/mol. The molecule has 104 valence electrons. The van der Waals surface area contributed by atoms with Crippen LogP contribution in [0.5, 0.6) is 0 Å². The van der Waals surface area contributed by atoms with Crippen molar-refractivity contribution in [2.75, 3.05) is 12.3 Å². The number of anilines is 1. The number of carboxylic acid groups (broad SMARTS) is 1. The van der Waals surface area contributed by atoms with E-state index in [9.17, 15) is 14.0 Å². The average molecular weight is 268 g/mol. The van der Waals surface area contributed by atoms with E-state index in [0.29, 0.717) is 19.4 Å². The number of nitrogens with two attached hydrogens (primary N) is 1. The zero-order valence-corrected chi connectivity index (χ0v) is 10.6. The van der Waals surface area contributed by atoms with E-state index >= 15 is 0 Å². The molecular weight excluding hydrogens is 251 g/mol. The van der Waals surface area contributed by atoms with E-state index in [1.54, 1.807) is 6.92 Å². The molecular formula is C13H17FN2O3. The lowest BCUT2D eigenvalue weighted by atomic mass is 10.1. The van der Waals surface area contributed by atoms with Gasteiger partial charge in [0.1, 0.15) is 5.82 Å². The fraction of sp³-hybridized carbons (Fsp3) is 0.385. The number of halogens is 1. The molecule has 0 spiro atoms. The Labute approximate surface area is 110 Å². The monoisotopic (exact) mass is 268 g/mol. The zero-order chi connectivity index (χ0) is 14.4. The average Bonchev–Trinajstić information content (AvgIpc) is 2.37. The highest BCUT2D eigenvalue weighted by Gasteiger charge is 2.11. The lowest BCUT2D eigenvalue weighted by Gasteiger charge is -2.08. The second-order valence-electron chi connectivity index (χ2n) is 4.37. The van der Waals surface area contributed by atoms with E-state index < -0.39 is 23.6 Å². The number of hydrogen-bond acceptors (Lipinski definition) is 3. The molecule has 0 saturated carbocycles. The first-order chi connectivity index (χ1) is 8.91. The van der Waals surface area contributed by atoms with Gasteiger partial charge in [-0.05, 0) is 31.0 Å². The normalized spacial score (nSPS) is 11.9. The van der Waals surface area contributed by atoms with Crippen LogP contribution in [-0.2, 0) is 4.79 Å². The summed E-state index contributed by atoms with van der Waals surface area (Å²) < 4.78 is 13.2. The van der Waals surface area contributed by atoms with Crippen LogP contribution in [0.1, 0.15) is 30.1 Å². The van der Waals surface area contributed by atoms with E-state index in [1.165, 1.54) is 12.1 Å². The number of carbonyl (C=O) groups is 2. The number of carboxylic acids is 1. The Kier molecular flexibility index (Phi) is 5.29. The van der Waals surface area contributed by atoms with Gasteiger partial charge in [-0.1, -0.05) is 6.92 Å². The van der Waals surface area contributed by atoms with Crippen molar-refractivity contribution in [3.05, 3.63) is 29.6 Å². The topological polar surface area (TPSA) is 92.4 Å². The molecule has 4 N–H and O–H groups in total. The van der Waals surface area contributed by atoms with E-state index in [2.05, 4.69) is 5.32 Å². The second kappa shape index (κ2) is 6.72. The van der Waals surface area contributed by atoms with Gasteiger partial charge in [0, 0.05) is 12.1 Å². The standard InChI is InChI=1S/C13H17FN2O3/c1-8(13(18)19)3-2-6-16-12(17)9-4-5-11(15)10(14)7-9/h4-5,7-8H,2-3,6,15H2,1H3,(H,16,17)(H,18,19). The van der Waals surface area contributed by atoms with Gasteiger partial charge in [-0.2, -0.15) is 0 Å². The molecule has 0 aliphatic heterocycles. The van der Waals surface area contributed by atoms with Crippen LogP contribution in [0.25, 0.3) is 0 Å². The van der Waals surface area contributed by atoms with Crippen molar-refractivity contribution in [1.29, 1.82) is 0 Å². The quantitative estimate of drug-likeness (QED) is 0.540. The van der Waals surface area contributed by atoms with Crippen LogP contribution in [0.4, 0.5) is 10.1 Å². The number of carbonyl (C=O) groups excluding carboxylic acids is 1. The van der Waals surface area contributed by atoms with Gasteiger partial charge in [-0.25, -0.2) is 4.39 Å². The maximum atomic E-state index is 13.2. The molecule has 1 amide bonds. The van der Waals surface area contributed by atoms with Crippen LogP contribution in [0.2, 0.25) is 0 Å². The molecule has 19 heavy (non-hydrogen) atoms. The molecule has 6 heteroatoms. The molecule has 1 unspecified atom stereocenters. The molecule has 5 nitrogen and oxygen atoms in total. The van der Waals surface area contributed by atoms with Crippen molar-refractivity contribution in [3.8, 4) is 0 Å². The van der Waals surface area contributed by atoms with Gasteiger partial charge in [0.2, 0.25) is 0 Å². The van der Waals surface area contributed by atoms with Crippen molar-refractivity contribution in [1.82, 2.24) is 5.32 Å². The van der Waals surface area contributed by atoms with Crippen molar-refractivity contribution in [3.63, 3.8) is 0 Å². The first-order valence-electron chi connectivity index (χ1n) is 5.98. The van der Waals surface area contributed by atoms with Crippen LogP contribution < -0.4 is 11.1 Å². The number of benzene rings is 1. The third-order valence-corrected chi connectivity index (χ3v) is 2.78. The lowest BCUT2D eigenvalue weighted by molar-refractivity contribution is -0.141. The lowest BCUT2D eigenvalue weighted by Crippen LogP contribution is -2.25. The van der Waals surface area contributed by atoms with E-state index in [4.69, 9.17) is 10.8 Å². The highest BCUT2D eigenvalue weighted by atomic mass is 19.1. The SMILES string of the molecule is CC(CCCNC(=O)c1ccc(N)c(F)c1)C(=O)O. The van der Waals surface area contributed by atoms with E-state index in [1.807, 2.05) is 0 Å². The zero-order valence-electron chi connectivity index (χ0n) is 10.6. The maximum Gasteiger partial charge on any atom is 0.306 e. The summed E-state index contributed by atoms with van der Waals surface area (Å²) in [6.45, 7) is 1.96. The fourth-order valence-corrected chi connectivity index (χ4v) is 1.50. The van der Waals surface area contributed by atoms with Gasteiger partial charge in [0.25, 0.3) is 5.91 Å². The van der Waals surface area contributed by atoms with Crippen molar-refractivity contribution in [2.24, 2.45) is 5.92 Å². The Bertz CT molecular complexity index is 477. The summed E-state index contributed by atoms with van der Waals surface area (Å²) in [6.07, 6.45) is 1.03. The third-order valence-electron chi connectivity index (χ3n) is 2.78. The maximum absolute atomic E-state index is 13.2. The molecule has 0 heterocycles. The third kappa shape index (κ3) is 4.57. The molecule has 0 aromatic heterocycles. The van der Waals surface area contributed by atoms with Crippen molar-refractivity contribution >= 4 is 17.6 Å². The molecule has 0 radical (unpaired) electrons. The number of hydrogen-bond donors (Lipinski definition) is 3. The van der Waals surface area contributed by atoms with E-state index in [-0.39, 0.29) is 11.3 Å². The fourth-order valence-electron chi connectivity index (χ4n) is 1.50. The van der Waals surface area contributed by atoms with Gasteiger partial charge in [0.15, 0.2) is 0 Å². The highest BCUT2D eigenvalue weighted by Crippen LogP contribution is 2.12. The second-order valence-corrected chi connectivity index (χ2v) is 4.37. The van der Waals surface area contributed by atoms with Gasteiger partial charge < -0.3 is 16.2 Å². The summed E-state index contributed by atoms with van der Waals surface area (Å²) in [6, 6.07) is 3.84. The summed E-state index contributed by atoms with van der Waals surface area (Å²) in [5.41, 5.74) is 5.49. The van der Waals surface area contributed by atoms with Gasteiger partial charge in [0.05, 0.1) is 11.6 Å². The molecule has 0 saturated heterocycles. The number of rotatable bonds is 6. The van der Waals surface area contributed by atoms with Crippen molar-refractivity contribution < 1.29 is 19.1 Å². The first-order valence-corrected chi connectivity index (χ1v) is 5.98. The van der Waals surface area contributed by atoms with Crippen molar-refractivity contribution in [2.45, 2.75) is 19.8 Å². The molecule has 0 aliphatic rings. The summed E-state index contributed by atoms with van der Waals surface area (Å²) in [5, 5.41) is 11.3. The molecule has 1 aromatic rings. The first kappa shape index (κ1) is 14.9. The Hall–Kier alpha value is -2.11. The smallest absolute Gasteiger partial charge is 0.306 e. The summed E-state index contributed by atoms with van der Waals surface area (Å²) in [4.78, 5) is 22.2. The van der Waals surface area contributed by atoms with Crippen LogP contribution >= 0.6 is 0 Å². The summed E-state index contributed by atoms with van der Waals surface area (Å²) >= 11 is 0. The van der Waals surface area contributed by atoms with Gasteiger partial charge in [-0.3, -0.25) is 9.59 Å². The molecule has 0 fully saturated rings. The number of aliphatic carboxylic acids is 1. The number of nitrogen functional groups attached to an aromatic ring is 1. The Morgan fingerprint density at radius 3 is 2.74 bits per heavy atom. The molecule has 1 rings (SSSR count). The van der Waals surface area contributed by atoms with E-state index in [0.717, 1.165) is 6.07 Å². The predicted octanol–water partition coefficient (Wildman–Crippen LogP) is 1.64. The molecule has 1 atom stereocenters. The molecule has 0 bridgehead atoms. The number of amides is 1. The van der Waals surface area contributed by atoms with Crippen LogP contribution in [0.15, 0.2) is 18.2 Å². The van der Waals surface area contributed by atoms with Gasteiger partial charge >= 0.3 is 5.97 Å². The summed E-state index contributed by atoms with van der Waals surface area (Å²) in [5.74, 6) is -2.33. The minimum absolute atomic E-state index is 0.00756. The largest absolute Gasteiger partial charge is 0.481 e. The minimum Gasteiger partial charge on any atom is -0.481 e. The molecule has 1 aromatic carbocycles. The molecule has 0 aliphatic carbocycles. The Morgan fingerprint density at radius 1 is 1.47 bits per heavy atom.